The largest absolute Gasteiger partial charge is 0.397 e. The van der Waals surface area contributed by atoms with Crippen LogP contribution in [0, 0.1) is 0 Å². The molecule has 112 valence electrons. The first kappa shape index (κ1) is 15.1. The van der Waals surface area contributed by atoms with Crippen LogP contribution in [0.25, 0.3) is 0 Å². The molecule has 0 spiro atoms. The molecular weight excluding hydrogens is 250 g/mol. The summed E-state index contributed by atoms with van der Waals surface area (Å²) in [4.78, 5) is 4.81. The molecule has 1 unspecified atom stereocenters. The maximum Gasteiger partial charge on any atom is 0.0877 e. The van der Waals surface area contributed by atoms with Crippen molar-refractivity contribution in [1.29, 1.82) is 0 Å². The van der Waals surface area contributed by atoms with Gasteiger partial charge in [-0.1, -0.05) is 26.0 Å². The number of likely N-dealkylation sites (N-methyl/N-ethyl adjacent to an activating group) is 1. The van der Waals surface area contributed by atoms with Gasteiger partial charge in [-0.3, -0.25) is 4.90 Å². The Morgan fingerprint density at radius 3 is 2.85 bits per heavy atom. The predicted octanol–water partition coefficient (Wildman–Crippen LogP) is 2.21. The van der Waals surface area contributed by atoms with Crippen LogP contribution in [-0.2, 0) is 4.74 Å². The Balaban J connectivity index is 2.04. The molecule has 1 heterocycles. The van der Waals surface area contributed by atoms with Gasteiger partial charge in [0, 0.05) is 26.2 Å². The number of nitrogen functional groups attached to an aromatic ring is 1. The van der Waals surface area contributed by atoms with E-state index >= 15 is 0 Å². The number of rotatable bonds is 6. The number of anilines is 2. The molecule has 2 N–H and O–H groups in total. The van der Waals surface area contributed by atoms with E-state index in [4.69, 9.17) is 10.5 Å². The Labute approximate surface area is 122 Å². The Morgan fingerprint density at radius 1 is 1.35 bits per heavy atom. The van der Waals surface area contributed by atoms with Crippen molar-refractivity contribution in [3.05, 3.63) is 24.3 Å². The number of hydrogen-bond donors (Lipinski definition) is 1. The number of hydrogen-bond acceptors (Lipinski definition) is 4. The fraction of sp³-hybridized carbons (Fsp3) is 0.625. The van der Waals surface area contributed by atoms with E-state index in [0.29, 0.717) is 0 Å². The second-order valence-electron chi connectivity index (χ2n) is 5.39. The summed E-state index contributed by atoms with van der Waals surface area (Å²) in [7, 11) is 0. The molecule has 1 fully saturated rings. The zero-order valence-electron chi connectivity index (χ0n) is 12.7. The topological polar surface area (TPSA) is 41.7 Å². The summed E-state index contributed by atoms with van der Waals surface area (Å²) in [5, 5.41) is 0. The fourth-order valence-corrected chi connectivity index (χ4v) is 2.78. The lowest BCUT2D eigenvalue weighted by molar-refractivity contribution is -0.0220. The number of morpholine rings is 1. The van der Waals surface area contributed by atoms with Gasteiger partial charge in [-0.05, 0) is 25.1 Å². The van der Waals surface area contributed by atoms with E-state index in [1.807, 2.05) is 12.1 Å². The van der Waals surface area contributed by atoms with Crippen LogP contribution < -0.4 is 10.6 Å². The summed E-state index contributed by atoms with van der Waals surface area (Å²) < 4.78 is 5.92. The Bertz CT molecular complexity index is 410. The third-order valence-electron chi connectivity index (χ3n) is 3.87. The summed E-state index contributed by atoms with van der Waals surface area (Å²) in [5.74, 6) is 0. The van der Waals surface area contributed by atoms with Gasteiger partial charge in [-0.2, -0.15) is 0 Å². The zero-order valence-corrected chi connectivity index (χ0v) is 12.7. The molecule has 1 aromatic carbocycles. The van der Waals surface area contributed by atoms with E-state index in [1.54, 1.807) is 0 Å². The molecule has 1 aliphatic heterocycles. The molecular formula is C16H27N3O. The van der Waals surface area contributed by atoms with Crippen molar-refractivity contribution in [2.45, 2.75) is 26.4 Å². The van der Waals surface area contributed by atoms with Crippen LogP contribution in [0.1, 0.15) is 20.3 Å². The molecule has 0 saturated carbocycles. The Hall–Kier alpha value is -1.26. The number of nitrogens with two attached hydrogens (primary N) is 1. The van der Waals surface area contributed by atoms with Gasteiger partial charge in [-0.15, -0.1) is 0 Å². The van der Waals surface area contributed by atoms with Crippen LogP contribution in [0.2, 0.25) is 0 Å². The third-order valence-corrected chi connectivity index (χ3v) is 3.87. The smallest absolute Gasteiger partial charge is 0.0877 e. The molecule has 20 heavy (non-hydrogen) atoms. The van der Waals surface area contributed by atoms with Gasteiger partial charge in [0.15, 0.2) is 0 Å². The molecule has 1 atom stereocenters. The minimum Gasteiger partial charge on any atom is -0.397 e. The highest BCUT2D eigenvalue weighted by atomic mass is 16.5. The van der Waals surface area contributed by atoms with Gasteiger partial charge < -0.3 is 15.4 Å². The average Bonchev–Trinajstić information content (AvgIpc) is 2.47. The lowest BCUT2D eigenvalue weighted by Gasteiger charge is -2.36. The van der Waals surface area contributed by atoms with Crippen LogP contribution in [0.3, 0.4) is 0 Å². The molecule has 4 heteroatoms. The summed E-state index contributed by atoms with van der Waals surface area (Å²) in [6, 6.07) is 8.11. The highest BCUT2D eigenvalue weighted by Crippen LogP contribution is 2.23. The highest BCUT2D eigenvalue weighted by Gasteiger charge is 2.22. The Kier molecular flexibility index (Phi) is 5.68. The highest BCUT2D eigenvalue weighted by molar-refractivity contribution is 5.67. The maximum absolute atomic E-state index is 6.12. The first-order valence-corrected chi connectivity index (χ1v) is 7.68. The molecule has 4 nitrogen and oxygen atoms in total. The minimum absolute atomic E-state index is 0.273. The van der Waals surface area contributed by atoms with E-state index in [-0.39, 0.29) is 6.10 Å². The summed E-state index contributed by atoms with van der Waals surface area (Å²) >= 11 is 0. The van der Waals surface area contributed by atoms with Gasteiger partial charge in [0.05, 0.1) is 24.1 Å². The number of ether oxygens (including phenoxy) is 1. The predicted molar refractivity (Wildman–Crippen MR) is 85.2 cm³/mol. The van der Waals surface area contributed by atoms with Crippen molar-refractivity contribution in [3.8, 4) is 0 Å². The summed E-state index contributed by atoms with van der Waals surface area (Å²) in [6.45, 7) is 10.3. The minimum atomic E-state index is 0.273. The standard InChI is InChI=1S/C16H27N3O/c1-3-9-19(16-8-6-5-7-15(16)17)13-14-12-18(4-2)10-11-20-14/h5-8,14H,3-4,9-13,17H2,1-2H3. The normalized spacial score (nSPS) is 20.0. The van der Waals surface area contributed by atoms with Crippen LogP contribution in [0.15, 0.2) is 24.3 Å². The van der Waals surface area contributed by atoms with E-state index in [2.05, 4.69) is 35.8 Å². The maximum atomic E-state index is 6.12. The SMILES string of the molecule is CCCN(CC1CN(CC)CCO1)c1ccccc1N. The first-order chi connectivity index (χ1) is 9.74. The van der Waals surface area contributed by atoms with Crippen molar-refractivity contribution < 1.29 is 4.74 Å². The van der Waals surface area contributed by atoms with E-state index in [1.165, 1.54) is 0 Å². The molecule has 0 aromatic heterocycles. The molecule has 0 bridgehead atoms. The van der Waals surface area contributed by atoms with E-state index < -0.39 is 0 Å². The zero-order chi connectivity index (χ0) is 14.4. The van der Waals surface area contributed by atoms with Crippen LogP contribution in [0.5, 0.6) is 0 Å². The van der Waals surface area contributed by atoms with Crippen LogP contribution >= 0.6 is 0 Å². The van der Waals surface area contributed by atoms with Crippen molar-refractivity contribution >= 4 is 11.4 Å². The molecule has 0 aliphatic carbocycles. The molecule has 1 aromatic rings. The van der Waals surface area contributed by atoms with Crippen molar-refractivity contribution in [2.75, 3.05) is 50.0 Å². The van der Waals surface area contributed by atoms with Gasteiger partial charge >= 0.3 is 0 Å². The second kappa shape index (κ2) is 7.50. The fourth-order valence-electron chi connectivity index (χ4n) is 2.78. The van der Waals surface area contributed by atoms with Crippen molar-refractivity contribution in [1.82, 2.24) is 4.90 Å². The molecule has 1 saturated heterocycles. The van der Waals surface area contributed by atoms with E-state index in [9.17, 15) is 0 Å². The van der Waals surface area contributed by atoms with Crippen LogP contribution in [0.4, 0.5) is 11.4 Å². The van der Waals surface area contributed by atoms with Gasteiger partial charge in [0.1, 0.15) is 0 Å². The monoisotopic (exact) mass is 277 g/mol. The molecule has 1 aliphatic rings. The van der Waals surface area contributed by atoms with Gasteiger partial charge in [0.25, 0.3) is 0 Å². The number of nitrogens with zero attached hydrogens (tertiary/aromatic N) is 2. The van der Waals surface area contributed by atoms with E-state index in [0.717, 1.165) is 57.1 Å². The number of para-hydroxylation sites is 2. The molecule has 0 radical (unpaired) electrons. The second-order valence-corrected chi connectivity index (χ2v) is 5.39. The molecule has 0 amide bonds. The summed E-state index contributed by atoms with van der Waals surface area (Å²) in [5.41, 5.74) is 8.10. The number of benzene rings is 1. The molecule has 2 rings (SSSR count). The first-order valence-electron chi connectivity index (χ1n) is 7.68. The quantitative estimate of drug-likeness (QED) is 0.810. The average molecular weight is 277 g/mol. The van der Waals surface area contributed by atoms with Crippen molar-refractivity contribution in [3.63, 3.8) is 0 Å². The van der Waals surface area contributed by atoms with Gasteiger partial charge in [0.2, 0.25) is 0 Å². The van der Waals surface area contributed by atoms with Crippen molar-refractivity contribution in [2.24, 2.45) is 0 Å². The lowest BCUT2D eigenvalue weighted by Crippen LogP contribution is -2.47. The summed E-state index contributed by atoms with van der Waals surface area (Å²) in [6.07, 6.45) is 1.38. The van der Waals surface area contributed by atoms with Gasteiger partial charge in [-0.25, -0.2) is 0 Å². The lowest BCUT2D eigenvalue weighted by atomic mass is 10.2. The third kappa shape index (κ3) is 3.87. The Morgan fingerprint density at radius 2 is 2.15 bits per heavy atom. The van der Waals surface area contributed by atoms with Crippen LogP contribution in [-0.4, -0.2) is 50.3 Å².